The topological polar surface area (TPSA) is 122 Å². The molecule has 1 saturated carbocycles. The maximum Gasteiger partial charge on any atom is 0.251 e. The Morgan fingerprint density at radius 2 is 1.73 bits per heavy atom. The molecule has 1 aromatic heterocycles. The number of nitrogens with two attached hydrogens (primary N) is 1. The number of amides is 1. The number of nitrogens with zero attached hydrogens (tertiary/aromatic N) is 3. The molecule has 2 atom stereocenters. The van der Waals surface area contributed by atoms with Crippen molar-refractivity contribution in [1.29, 1.82) is 0 Å². The molecule has 1 heterocycles. The summed E-state index contributed by atoms with van der Waals surface area (Å²) in [5.74, 6) is 1.12. The summed E-state index contributed by atoms with van der Waals surface area (Å²) in [7, 11) is 0. The van der Waals surface area contributed by atoms with E-state index < -0.39 is 5.41 Å². The molecule has 3 aromatic rings. The van der Waals surface area contributed by atoms with E-state index in [0.29, 0.717) is 30.3 Å². The van der Waals surface area contributed by atoms with E-state index in [-0.39, 0.29) is 11.9 Å². The van der Waals surface area contributed by atoms with Crippen LogP contribution in [0, 0.1) is 5.92 Å². The van der Waals surface area contributed by atoms with E-state index >= 15 is 0 Å². The maximum absolute atomic E-state index is 12.7. The van der Waals surface area contributed by atoms with Gasteiger partial charge in [-0.25, -0.2) is 5.10 Å². The molecule has 8 heteroatoms. The van der Waals surface area contributed by atoms with Gasteiger partial charge in [-0.15, -0.1) is 5.10 Å². The molecule has 1 unspecified atom stereocenters. The Labute approximate surface area is 218 Å². The monoisotopic (exact) mass is 499 g/mol. The van der Waals surface area contributed by atoms with Crippen molar-refractivity contribution in [2.24, 2.45) is 11.7 Å². The lowest BCUT2D eigenvalue weighted by molar-refractivity contribution is 0.0955. The van der Waals surface area contributed by atoms with Gasteiger partial charge in [-0.3, -0.25) is 4.79 Å². The van der Waals surface area contributed by atoms with E-state index in [0.717, 1.165) is 54.6 Å². The minimum Gasteiger partial charge on any atom is -0.385 e. The highest BCUT2D eigenvalue weighted by Gasteiger charge is 2.46. The number of rotatable bonds is 9. The van der Waals surface area contributed by atoms with Crippen molar-refractivity contribution in [3.05, 3.63) is 82.2 Å². The second kappa shape index (κ2) is 10.5. The van der Waals surface area contributed by atoms with E-state index in [1.165, 1.54) is 17.5 Å². The van der Waals surface area contributed by atoms with Crippen LogP contribution in [0.1, 0.15) is 83.5 Å². The number of carbonyl (C=O) groups excluding carboxylic acids is 1. The van der Waals surface area contributed by atoms with E-state index in [9.17, 15) is 4.79 Å². The zero-order chi connectivity index (χ0) is 26.0. The van der Waals surface area contributed by atoms with Crippen LogP contribution in [0.15, 0.2) is 43.0 Å². The number of aromatic amines is 1. The first-order chi connectivity index (χ1) is 18.0. The normalized spacial score (nSPS) is 19.6. The van der Waals surface area contributed by atoms with Crippen molar-refractivity contribution in [2.45, 2.75) is 63.8 Å². The lowest BCUT2D eigenvalue weighted by atomic mass is 9.64. The molecule has 2 aromatic carbocycles. The Balaban J connectivity index is 1.72. The van der Waals surface area contributed by atoms with Crippen LogP contribution in [0.25, 0.3) is 5.70 Å². The van der Waals surface area contributed by atoms with Gasteiger partial charge in [0.15, 0.2) is 5.82 Å². The molecule has 0 bridgehead atoms. The molecular weight excluding hydrogens is 462 g/mol. The molecule has 0 spiro atoms. The van der Waals surface area contributed by atoms with Crippen LogP contribution in [-0.2, 0) is 18.3 Å². The van der Waals surface area contributed by atoms with Gasteiger partial charge in [0.25, 0.3) is 5.91 Å². The average Bonchev–Trinajstić information content (AvgIpc) is 3.36. The van der Waals surface area contributed by atoms with Gasteiger partial charge >= 0.3 is 0 Å². The van der Waals surface area contributed by atoms with Crippen LogP contribution >= 0.6 is 0 Å². The van der Waals surface area contributed by atoms with Crippen molar-refractivity contribution in [1.82, 2.24) is 31.3 Å². The molecule has 0 saturated heterocycles. The van der Waals surface area contributed by atoms with Crippen LogP contribution in [-0.4, -0.2) is 45.7 Å². The lowest BCUT2D eigenvalue weighted by Crippen LogP contribution is -2.44. The van der Waals surface area contributed by atoms with Gasteiger partial charge in [0.05, 0.1) is 5.41 Å². The summed E-state index contributed by atoms with van der Waals surface area (Å²) in [6.45, 7) is 9.64. The third-order valence-corrected chi connectivity index (χ3v) is 8.18. The first kappa shape index (κ1) is 25.1. The van der Waals surface area contributed by atoms with E-state index in [2.05, 4.69) is 69.0 Å². The summed E-state index contributed by atoms with van der Waals surface area (Å²) in [5.41, 5.74) is 13.6. The number of hydrogen-bond donors (Lipinski definition) is 4. The Bertz CT molecular complexity index is 1210. The van der Waals surface area contributed by atoms with Gasteiger partial charge in [-0.1, -0.05) is 31.2 Å². The fourth-order valence-electron chi connectivity index (χ4n) is 6.06. The molecule has 194 valence electrons. The highest BCUT2D eigenvalue weighted by Crippen LogP contribution is 2.48. The Kier molecular flexibility index (Phi) is 7.11. The average molecular weight is 500 g/mol. The molecule has 5 N–H and O–H groups in total. The molecular formula is C29H37N7O. The first-order valence-corrected chi connectivity index (χ1v) is 13.5. The molecule has 0 radical (unpaired) electrons. The number of aryl methyl sites for hydroxylation is 2. The number of carbonyl (C=O) groups is 1. The molecule has 8 nitrogen and oxygen atoms in total. The van der Waals surface area contributed by atoms with Gasteiger partial charge in [-0.2, -0.15) is 0 Å². The summed E-state index contributed by atoms with van der Waals surface area (Å²) in [6, 6.07) is 12.6. The van der Waals surface area contributed by atoms with E-state index in [1.54, 1.807) is 0 Å². The van der Waals surface area contributed by atoms with Crippen molar-refractivity contribution >= 4 is 11.6 Å². The van der Waals surface area contributed by atoms with Crippen LogP contribution in [0.2, 0.25) is 0 Å². The van der Waals surface area contributed by atoms with Crippen LogP contribution in [0.3, 0.4) is 0 Å². The predicted octanol–water partition coefficient (Wildman–Crippen LogP) is 3.48. The van der Waals surface area contributed by atoms with Crippen molar-refractivity contribution in [3.8, 4) is 0 Å². The van der Waals surface area contributed by atoms with Gasteiger partial charge in [-0.05, 0) is 108 Å². The highest BCUT2D eigenvalue weighted by atomic mass is 16.1. The lowest BCUT2D eigenvalue weighted by Gasteiger charge is -2.40. The van der Waals surface area contributed by atoms with Crippen molar-refractivity contribution < 1.29 is 4.79 Å². The number of H-pyrrole nitrogens is 1. The summed E-state index contributed by atoms with van der Waals surface area (Å²) in [4.78, 5) is 12.7. The number of nitrogens with one attached hydrogen (secondary N) is 3. The molecule has 5 rings (SSSR count). The second-order valence-electron chi connectivity index (χ2n) is 10.3. The molecule has 2 aliphatic carbocycles. The fraction of sp³-hybridized carbons (Fsp3) is 0.448. The van der Waals surface area contributed by atoms with Crippen LogP contribution in [0.4, 0.5) is 0 Å². The van der Waals surface area contributed by atoms with Gasteiger partial charge in [0.2, 0.25) is 0 Å². The largest absolute Gasteiger partial charge is 0.385 e. The standard InChI is InChI=1S/C29H37N7O/c1-4-31-18(3)20-11-13-24-21(15-20)9-10-22-16-23(27(37)32-5-2)12-14-25(22)29(24,28-33-35-36-34-28)17-26(30)19-7-6-8-19/h11-16,19,26,31H,3-10,17,30H2,1-2H3,(H,32,37)(H,33,34,35,36)/t26-,29?/m0/s1. The van der Waals surface area contributed by atoms with Gasteiger partial charge in [0.1, 0.15) is 0 Å². The molecule has 1 fully saturated rings. The molecule has 2 aliphatic rings. The maximum atomic E-state index is 12.7. The Hall–Kier alpha value is -3.52. The van der Waals surface area contributed by atoms with Crippen molar-refractivity contribution in [2.75, 3.05) is 13.1 Å². The fourth-order valence-corrected chi connectivity index (χ4v) is 6.06. The highest BCUT2D eigenvalue weighted by molar-refractivity contribution is 5.94. The van der Waals surface area contributed by atoms with Crippen molar-refractivity contribution in [3.63, 3.8) is 0 Å². The minimum atomic E-state index is -0.655. The smallest absolute Gasteiger partial charge is 0.251 e. The minimum absolute atomic E-state index is 0.00267. The molecule has 37 heavy (non-hydrogen) atoms. The van der Waals surface area contributed by atoms with Crippen LogP contribution in [0.5, 0.6) is 0 Å². The molecule has 0 aliphatic heterocycles. The zero-order valence-corrected chi connectivity index (χ0v) is 21.8. The summed E-state index contributed by atoms with van der Waals surface area (Å²) >= 11 is 0. The van der Waals surface area contributed by atoms with Crippen LogP contribution < -0.4 is 16.4 Å². The number of hydrogen-bond acceptors (Lipinski definition) is 6. The van der Waals surface area contributed by atoms with E-state index in [4.69, 9.17) is 5.73 Å². The number of tetrazole rings is 1. The Morgan fingerprint density at radius 1 is 1.08 bits per heavy atom. The Morgan fingerprint density at radius 3 is 2.30 bits per heavy atom. The SMILES string of the molecule is C=C(NCC)c1ccc2c(c1)CCc1cc(C(=O)NCC)ccc1C2(C[C@H](N)C1CCC1)c1nnn[nH]1. The summed E-state index contributed by atoms with van der Waals surface area (Å²) in [6.07, 6.45) is 5.86. The number of aromatic nitrogens is 4. The third-order valence-electron chi connectivity index (χ3n) is 8.18. The third kappa shape index (κ3) is 4.55. The summed E-state index contributed by atoms with van der Waals surface area (Å²) in [5, 5.41) is 21.9. The first-order valence-electron chi connectivity index (χ1n) is 13.5. The predicted molar refractivity (Wildman–Crippen MR) is 145 cm³/mol. The quantitative estimate of drug-likeness (QED) is 0.358. The van der Waals surface area contributed by atoms with Gasteiger partial charge < -0.3 is 16.4 Å². The van der Waals surface area contributed by atoms with Gasteiger partial charge in [0, 0.05) is 30.4 Å². The number of fused-ring (bicyclic) bond motifs is 2. The zero-order valence-electron chi connectivity index (χ0n) is 21.8. The summed E-state index contributed by atoms with van der Waals surface area (Å²) < 4.78 is 0. The van der Waals surface area contributed by atoms with E-state index in [1.807, 2.05) is 19.1 Å². The number of benzene rings is 2. The molecule has 1 amide bonds. The second-order valence-corrected chi connectivity index (χ2v) is 10.3.